The molecular formula is C33H55NO5S. The minimum atomic E-state index is -4.35. The third kappa shape index (κ3) is 27.4. The second-order valence-corrected chi connectivity index (χ2v) is 11.5. The maximum Gasteiger partial charge on any atom is 0.267 e. The summed E-state index contributed by atoms with van der Waals surface area (Å²) in [6, 6.07) is -1.09. The molecule has 0 saturated heterocycles. The van der Waals surface area contributed by atoms with E-state index in [0.29, 0.717) is 12.8 Å². The minimum absolute atomic E-state index is 0.255. The normalized spacial score (nSPS) is 14.6. The summed E-state index contributed by atoms with van der Waals surface area (Å²) in [6.07, 6.45) is 37.6. The van der Waals surface area contributed by atoms with Crippen molar-refractivity contribution in [2.75, 3.05) is 5.75 Å². The Morgan fingerprint density at radius 1 is 0.700 bits per heavy atom. The molecule has 0 rings (SSSR count). The first kappa shape index (κ1) is 37.8. The minimum Gasteiger partial charge on any atom is -0.387 e. The number of carbonyl (C=O) groups is 1. The number of hydrogen-bond acceptors (Lipinski definition) is 4. The Balaban J connectivity index is 4.14. The standard InChI is InChI=1S/C33H55NO5S/c1-3-5-7-9-11-13-14-15-16-17-18-19-20-21-23-25-27-29-33(36)34-31(30-40(37,38)39)32(35)28-26-24-22-12-10-8-6-4-2/h5,7,10-13,15-16,18-19,26,28,31-32,35H,3-4,6,8-9,14,17,20-25,27,29-30H2,1-2H3,(H,34,36)(H,37,38,39)/b7-5-,12-10+,13-11-,16-15-,19-18-,28-26+. The summed E-state index contributed by atoms with van der Waals surface area (Å²) in [4.78, 5) is 12.3. The van der Waals surface area contributed by atoms with Crippen molar-refractivity contribution < 1.29 is 22.9 Å². The highest BCUT2D eigenvalue weighted by Gasteiger charge is 2.24. The molecule has 40 heavy (non-hydrogen) atoms. The molecule has 0 aromatic rings. The van der Waals surface area contributed by atoms with Gasteiger partial charge in [0.2, 0.25) is 5.91 Å². The van der Waals surface area contributed by atoms with Gasteiger partial charge in [-0.1, -0.05) is 112 Å². The lowest BCUT2D eigenvalue weighted by atomic mass is 10.1. The van der Waals surface area contributed by atoms with Crippen LogP contribution in [-0.4, -0.2) is 41.9 Å². The number of carbonyl (C=O) groups excluding carboxylic acids is 1. The van der Waals surface area contributed by atoms with E-state index in [2.05, 4.69) is 79.9 Å². The van der Waals surface area contributed by atoms with E-state index in [1.807, 2.05) is 0 Å². The van der Waals surface area contributed by atoms with Crippen molar-refractivity contribution in [3.63, 3.8) is 0 Å². The zero-order chi connectivity index (χ0) is 29.7. The van der Waals surface area contributed by atoms with Crippen molar-refractivity contribution in [3.05, 3.63) is 72.9 Å². The van der Waals surface area contributed by atoms with Crippen LogP contribution in [0.4, 0.5) is 0 Å². The van der Waals surface area contributed by atoms with E-state index in [9.17, 15) is 22.9 Å². The van der Waals surface area contributed by atoms with Crippen molar-refractivity contribution in [2.45, 2.75) is 122 Å². The van der Waals surface area contributed by atoms with E-state index in [-0.39, 0.29) is 12.3 Å². The molecule has 0 aliphatic heterocycles. The summed E-state index contributed by atoms with van der Waals surface area (Å²) in [5.74, 6) is -1.05. The Bertz CT molecular complexity index is 900. The molecule has 0 saturated carbocycles. The molecule has 2 unspecified atom stereocenters. The van der Waals surface area contributed by atoms with E-state index in [4.69, 9.17) is 0 Å². The molecule has 0 bridgehead atoms. The lowest BCUT2D eigenvalue weighted by Gasteiger charge is -2.21. The Morgan fingerprint density at radius 3 is 1.85 bits per heavy atom. The van der Waals surface area contributed by atoms with Gasteiger partial charge in [0.25, 0.3) is 10.1 Å². The molecule has 0 aromatic carbocycles. The van der Waals surface area contributed by atoms with Crippen LogP contribution in [0.25, 0.3) is 0 Å². The van der Waals surface area contributed by atoms with Gasteiger partial charge in [-0.2, -0.15) is 8.42 Å². The maximum atomic E-state index is 12.3. The van der Waals surface area contributed by atoms with Crippen LogP contribution < -0.4 is 5.32 Å². The van der Waals surface area contributed by atoms with Gasteiger partial charge in [-0.25, -0.2) is 0 Å². The van der Waals surface area contributed by atoms with Gasteiger partial charge in [0.05, 0.1) is 17.9 Å². The zero-order valence-corrected chi connectivity index (χ0v) is 25.7. The van der Waals surface area contributed by atoms with Gasteiger partial charge in [-0.3, -0.25) is 9.35 Å². The molecule has 0 heterocycles. The number of aliphatic hydroxyl groups excluding tert-OH is 1. The van der Waals surface area contributed by atoms with Gasteiger partial charge in [0, 0.05) is 6.42 Å². The molecule has 3 N–H and O–H groups in total. The number of nitrogens with one attached hydrogen (secondary N) is 1. The second kappa shape index (κ2) is 27.0. The predicted octanol–water partition coefficient (Wildman–Crippen LogP) is 7.95. The van der Waals surface area contributed by atoms with Crippen molar-refractivity contribution in [1.29, 1.82) is 0 Å². The highest BCUT2D eigenvalue weighted by Crippen LogP contribution is 2.08. The number of unbranched alkanes of at least 4 members (excludes halogenated alkanes) is 7. The molecule has 1 amide bonds. The van der Waals surface area contributed by atoms with Crippen molar-refractivity contribution >= 4 is 16.0 Å². The Hall–Kier alpha value is -2.22. The van der Waals surface area contributed by atoms with E-state index < -0.39 is 28.0 Å². The Morgan fingerprint density at radius 2 is 1.23 bits per heavy atom. The monoisotopic (exact) mass is 577 g/mol. The van der Waals surface area contributed by atoms with Gasteiger partial charge in [0.15, 0.2) is 0 Å². The van der Waals surface area contributed by atoms with Gasteiger partial charge >= 0.3 is 0 Å². The molecule has 2 atom stereocenters. The van der Waals surface area contributed by atoms with Crippen LogP contribution in [0.3, 0.4) is 0 Å². The van der Waals surface area contributed by atoms with E-state index in [1.165, 1.54) is 6.08 Å². The average Bonchev–Trinajstić information content (AvgIpc) is 2.90. The van der Waals surface area contributed by atoms with Crippen LogP contribution in [0, 0.1) is 0 Å². The van der Waals surface area contributed by atoms with E-state index in [1.54, 1.807) is 6.08 Å². The van der Waals surface area contributed by atoms with Crippen LogP contribution >= 0.6 is 0 Å². The summed E-state index contributed by atoms with van der Waals surface area (Å²) >= 11 is 0. The van der Waals surface area contributed by atoms with Crippen LogP contribution in [0.5, 0.6) is 0 Å². The molecule has 0 radical (unpaired) electrons. The molecule has 0 aliphatic rings. The molecule has 0 aliphatic carbocycles. The third-order valence-corrected chi connectivity index (χ3v) is 6.90. The van der Waals surface area contributed by atoms with E-state index >= 15 is 0 Å². The molecule has 0 spiro atoms. The third-order valence-electron chi connectivity index (χ3n) is 6.12. The molecule has 0 fully saturated rings. The number of rotatable bonds is 25. The lowest BCUT2D eigenvalue weighted by Crippen LogP contribution is -2.46. The van der Waals surface area contributed by atoms with Crippen molar-refractivity contribution in [2.24, 2.45) is 0 Å². The first-order chi connectivity index (χ1) is 19.3. The molecule has 228 valence electrons. The summed E-state index contributed by atoms with van der Waals surface area (Å²) in [7, 11) is -4.35. The summed E-state index contributed by atoms with van der Waals surface area (Å²) in [5, 5.41) is 13.0. The first-order valence-electron chi connectivity index (χ1n) is 15.1. The van der Waals surface area contributed by atoms with Crippen LogP contribution in [0.2, 0.25) is 0 Å². The van der Waals surface area contributed by atoms with Crippen LogP contribution in [0.1, 0.15) is 110 Å². The molecule has 0 aromatic heterocycles. The molecular weight excluding hydrogens is 522 g/mol. The second-order valence-electron chi connectivity index (χ2n) is 9.99. The van der Waals surface area contributed by atoms with Crippen molar-refractivity contribution in [3.8, 4) is 0 Å². The maximum absolute atomic E-state index is 12.3. The predicted molar refractivity (Wildman–Crippen MR) is 170 cm³/mol. The quantitative estimate of drug-likeness (QED) is 0.0580. The summed E-state index contributed by atoms with van der Waals surface area (Å²) < 4.78 is 32.1. The smallest absolute Gasteiger partial charge is 0.267 e. The fourth-order valence-electron chi connectivity index (χ4n) is 3.85. The number of allylic oxidation sites excluding steroid dienone is 11. The number of aliphatic hydroxyl groups is 1. The van der Waals surface area contributed by atoms with Crippen LogP contribution in [-0.2, 0) is 14.9 Å². The lowest BCUT2D eigenvalue weighted by molar-refractivity contribution is -0.122. The molecule has 7 heteroatoms. The fraction of sp³-hybridized carbons (Fsp3) is 0.606. The fourth-order valence-corrected chi connectivity index (χ4v) is 4.58. The summed E-state index contributed by atoms with van der Waals surface area (Å²) in [6.45, 7) is 4.28. The summed E-state index contributed by atoms with van der Waals surface area (Å²) in [5.41, 5.74) is 0. The Kier molecular flexibility index (Phi) is 25.5. The number of amides is 1. The van der Waals surface area contributed by atoms with Gasteiger partial charge in [-0.05, 0) is 64.2 Å². The highest BCUT2D eigenvalue weighted by molar-refractivity contribution is 7.85. The average molecular weight is 578 g/mol. The van der Waals surface area contributed by atoms with E-state index in [0.717, 1.165) is 77.0 Å². The largest absolute Gasteiger partial charge is 0.387 e. The SMILES string of the molecule is CC/C=C\C/C=C\C/C=C\C/C=C\CCCCCCC(=O)NC(CS(=O)(=O)O)C(O)/C=C/CC/C=C/CCCC. The number of hydrogen-bond donors (Lipinski definition) is 3. The Labute approximate surface area is 244 Å². The van der Waals surface area contributed by atoms with Gasteiger partial charge in [0.1, 0.15) is 0 Å². The van der Waals surface area contributed by atoms with Gasteiger partial charge < -0.3 is 10.4 Å². The zero-order valence-electron chi connectivity index (χ0n) is 24.9. The van der Waals surface area contributed by atoms with Gasteiger partial charge in [-0.15, -0.1) is 0 Å². The molecule has 6 nitrogen and oxygen atoms in total. The van der Waals surface area contributed by atoms with Crippen molar-refractivity contribution in [1.82, 2.24) is 5.32 Å². The first-order valence-corrected chi connectivity index (χ1v) is 16.7. The van der Waals surface area contributed by atoms with Crippen LogP contribution in [0.15, 0.2) is 72.9 Å². The topological polar surface area (TPSA) is 104 Å². The highest BCUT2D eigenvalue weighted by atomic mass is 32.2.